The van der Waals surface area contributed by atoms with E-state index in [9.17, 15) is 19.3 Å². The summed E-state index contributed by atoms with van der Waals surface area (Å²) in [7, 11) is 0. The van der Waals surface area contributed by atoms with Crippen molar-refractivity contribution in [2.45, 2.75) is 0 Å². The second kappa shape index (κ2) is 5.97. The van der Waals surface area contributed by atoms with Gasteiger partial charge in [-0.2, -0.15) is 0 Å². The number of nitrogens with one attached hydrogen (secondary N) is 2. The second-order valence-electron chi connectivity index (χ2n) is 4.09. The van der Waals surface area contributed by atoms with Crippen LogP contribution in [0.15, 0.2) is 42.5 Å². The fraction of sp³-hybridized carbons (Fsp3) is 0. The zero-order valence-electron chi connectivity index (χ0n) is 10.7. The number of hydrogen-bond acceptors (Lipinski definition) is 5. The largest absolute Gasteiger partial charge is 0.323 e. The maximum atomic E-state index is 12.8. The smallest absolute Gasteiger partial charge is 0.270 e. The van der Waals surface area contributed by atoms with E-state index in [2.05, 4.69) is 10.7 Å². The summed E-state index contributed by atoms with van der Waals surface area (Å²) < 4.78 is 12.8. The molecule has 0 radical (unpaired) electrons. The van der Waals surface area contributed by atoms with E-state index in [1.165, 1.54) is 36.4 Å². The Labute approximate surface area is 118 Å². The molecule has 108 valence electrons. The summed E-state index contributed by atoms with van der Waals surface area (Å²) in [6.45, 7) is 0. The number of amides is 1. The highest BCUT2D eigenvalue weighted by Crippen LogP contribution is 2.22. The zero-order chi connectivity index (χ0) is 15.4. The van der Waals surface area contributed by atoms with Gasteiger partial charge in [0, 0.05) is 17.8 Å². The molecule has 2 rings (SSSR count). The van der Waals surface area contributed by atoms with Crippen LogP contribution >= 0.6 is 0 Å². The predicted octanol–water partition coefficient (Wildman–Crippen LogP) is 2.27. The summed E-state index contributed by atoms with van der Waals surface area (Å²) in [5, 5.41) is 13.3. The number of carbonyl (C=O) groups is 1. The Kier molecular flexibility index (Phi) is 4.10. The summed E-state index contributed by atoms with van der Waals surface area (Å²) in [5.41, 5.74) is 2.66. The molecule has 8 heteroatoms. The van der Waals surface area contributed by atoms with E-state index < -0.39 is 16.6 Å². The van der Waals surface area contributed by atoms with Crippen molar-refractivity contribution in [1.82, 2.24) is 0 Å². The van der Waals surface area contributed by atoms with Crippen LogP contribution in [-0.2, 0) is 0 Å². The highest BCUT2D eigenvalue weighted by Gasteiger charge is 2.16. The first kappa shape index (κ1) is 14.4. The van der Waals surface area contributed by atoms with Crippen molar-refractivity contribution in [2.24, 2.45) is 5.84 Å². The van der Waals surface area contributed by atoms with Crippen LogP contribution in [0.1, 0.15) is 10.4 Å². The number of benzene rings is 2. The van der Waals surface area contributed by atoms with Crippen LogP contribution in [0.2, 0.25) is 0 Å². The van der Waals surface area contributed by atoms with E-state index in [0.29, 0.717) is 5.69 Å². The van der Waals surface area contributed by atoms with Crippen LogP contribution < -0.4 is 16.6 Å². The molecule has 0 aliphatic rings. The van der Waals surface area contributed by atoms with E-state index >= 15 is 0 Å². The van der Waals surface area contributed by atoms with E-state index in [-0.39, 0.29) is 16.9 Å². The highest BCUT2D eigenvalue weighted by atomic mass is 19.1. The van der Waals surface area contributed by atoms with E-state index in [1.807, 2.05) is 0 Å². The minimum atomic E-state index is -0.616. The average molecular weight is 290 g/mol. The number of hydrogen-bond donors (Lipinski definition) is 3. The first-order valence-electron chi connectivity index (χ1n) is 5.83. The quantitative estimate of drug-likeness (QED) is 0.454. The molecule has 2 aromatic carbocycles. The minimum absolute atomic E-state index is 0.0102. The van der Waals surface area contributed by atoms with Crippen molar-refractivity contribution in [3.8, 4) is 0 Å². The molecule has 2 aromatic rings. The van der Waals surface area contributed by atoms with E-state index in [0.717, 1.165) is 6.07 Å². The van der Waals surface area contributed by atoms with Gasteiger partial charge in [-0.05, 0) is 30.3 Å². The average Bonchev–Trinajstić information content (AvgIpc) is 2.48. The third-order valence-corrected chi connectivity index (χ3v) is 2.72. The molecule has 0 aromatic heterocycles. The lowest BCUT2D eigenvalue weighted by molar-refractivity contribution is -0.384. The standard InChI is InChI=1S/C13H11FN4O3/c14-8-1-3-9(4-2-8)16-13(19)11-7-10(18(20)21)5-6-12(11)17-15/h1-7,17H,15H2,(H,16,19). The number of carbonyl (C=O) groups excluding carboxylic acids is 1. The molecule has 0 unspecified atom stereocenters. The van der Waals surface area contributed by atoms with Crippen LogP contribution in [0.5, 0.6) is 0 Å². The number of nitrogen functional groups attached to an aromatic ring is 1. The molecule has 0 bridgehead atoms. The number of halogens is 1. The van der Waals surface area contributed by atoms with E-state index in [1.54, 1.807) is 0 Å². The Morgan fingerprint density at radius 2 is 1.86 bits per heavy atom. The van der Waals surface area contributed by atoms with Gasteiger partial charge in [-0.3, -0.25) is 20.8 Å². The zero-order valence-corrected chi connectivity index (χ0v) is 10.7. The molecule has 4 N–H and O–H groups in total. The topological polar surface area (TPSA) is 110 Å². The van der Waals surface area contributed by atoms with Gasteiger partial charge >= 0.3 is 0 Å². The third-order valence-electron chi connectivity index (χ3n) is 2.72. The summed E-state index contributed by atoms with van der Waals surface area (Å²) >= 11 is 0. The molecule has 0 aliphatic carbocycles. The van der Waals surface area contributed by atoms with Crippen LogP contribution in [0.4, 0.5) is 21.5 Å². The number of nitrogens with zero attached hydrogens (tertiary/aromatic N) is 1. The fourth-order valence-corrected chi connectivity index (χ4v) is 1.69. The summed E-state index contributed by atoms with van der Waals surface area (Å²) in [5.74, 6) is 4.24. The van der Waals surface area contributed by atoms with Crippen molar-refractivity contribution in [2.75, 3.05) is 10.7 Å². The number of anilines is 2. The number of nitro groups is 1. The van der Waals surface area contributed by atoms with Crippen molar-refractivity contribution >= 4 is 23.0 Å². The van der Waals surface area contributed by atoms with Crippen molar-refractivity contribution in [3.05, 3.63) is 64.0 Å². The molecular formula is C13H11FN4O3. The maximum Gasteiger partial charge on any atom is 0.270 e. The van der Waals surface area contributed by atoms with Crippen LogP contribution in [0.25, 0.3) is 0 Å². The van der Waals surface area contributed by atoms with Crippen LogP contribution in [0, 0.1) is 15.9 Å². The Balaban J connectivity index is 2.30. The fourth-order valence-electron chi connectivity index (χ4n) is 1.69. The van der Waals surface area contributed by atoms with Gasteiger partial charge in [0.05, 0.1) is 16.2 Å². The van der Waals surface area contributed by atoms with Gasteiger partial charge in [0.1, 0.15) is 5.82 Å². The van der Waals surface area contributed by atoms with Gasteiger partial charge in [0.15, 0.2) is 0 Å². The number of hydrazine groups is 1. The molecule has 0 heterocycles. The molecule has 21 heavy (non-hydrogen) atoms. The molecule has 0 aliphatic heterocycles. The molecule has 0 spiro atoms. The number of non-ortho nitro benzene ring substituents is 1. The van der Waals surface area contributed by atoms with Gasteiger partial charge in [-0.15, -0.1) is 0 Å². The van der Waals surface area contributed by atoms with Crippen LogP contribution in [0.3, 0.4) is 0 Å². The van der Waals surface area contributed by atoms with Gasteiger partial charge in [0.2, 0.25) is 0 Å². The number of rotatable bonds is 4. The first-order chi connectivity index (χ1) is 10.0. The third kappa shape index (κ3) is 3.31. The van der Waals surface area contributed by atoms with Gasteiger partial charge in [-0.1, -0.05) is 0 Å². The molecule has 7 nitrogen and oxygen atoms in total. The SMILES string of the molecule is NNc1ccc([N+](=O)[O-])cc1C(=O)Nc1ccc(F)cc1. The van der Waals surface area contributed by atoms with Gasteiger partial charge in [0.25, 0.3) is 11.6 Å². The Hall–Kier alpha value is -3.00. The monoisotopic (exact) mass is 290 g/mol. The summed E-state index contributed by atoms with van der Waals surface area (Å²) in [4.78, 5) is 22.3. The van der Waals surface area contributed by atoms with Crippen molar-refractivity contribution in [1.29, 1.82) is 0 Å². The molecule has 0 fully saturated rings. The maximum absolute atomic E-state index is 12.8. The lowest BCUT2D eigenvalue weighted by Crippen LogP contribution is -2.17. The predicted molar refractivity (Wildman–Crippen MR) is 75.3 cm³/mol. The molecule has 0 atom stereocenters. The number of nitrogens with two attached hydrogens (primary N) is 1. The first-order valence-corrected chi connectivity index (χ1v) is 5.83. The minimum Gasteiger partial charge on any atom is -0.323 e. The van der Waals surface area contributed by atoms with Crippen molar-refractivity contribution < 1.29 is 14.1 Å². The van der Waals surface area contributed by atoms with E-state index in [4.69, 9.17) is 5.84 Å². The number of nitro benzene ring substituents is 1. The Morgan fingerprint density at radius 1 is 1.19 bits per heavy atom. The Morgan fingerprint density at radius 3 is 2.43 bits per heavy atom. The highest BCUT2D eigenvalue weighted by molar-refractivity contribution is 6.08. The molecule has 0 saturated carbocycles. The second-order valence-corrected chi connectivity index (χ2v) is 4.09. The molecular weight excluding hydrogens is 279 g/mol. The lowest BCUT2D eigenvalue weighted by Gasteiger charge is -2.09. The Bertz CT molecular complexity index is 688. The van der Waals surface area contributed by atoms with Gasteiger partial charge < -0.3 is 10.7 Å². The summed E-state index contributed by atoms with van der Waals surface area (Å²) in [6.07, 6.45) is 0. The molecule has 1 amide bonds. The van der Waals surface area contributed by atoms with Crippen molar-refractivity contribution in [3.63, 3.8) is 0 Å². The van der Waals surface area contributed by atoms with Crippen LogP contribution in [-0.4, -0.2) is 10.8 Å². The summed E-state index contributed by atoms with van der Waals surface area (Å²) in [6, 6.07) is 8.78. The molecule has 0 saturated heterocycles. The van der Waals surface area contributed by atoms with Gasteiger partial charge in [-0.25, -0.2) is 4.39 Å². The normalized spacial score (nSPS) is 10.0. The lowest BCUT2D eigenvalue weighted by atomic mass is 10.1.